The fraction of sp³-hybridized carbons (Fsp3) is 0.562. The summed E-state index contributed by atoms with van der Waals surface area (Å²) < 4.78 is 5.37. The van der Waals surface area contributed by atoms with Crippen molar-refractivity contribution < 1.29 is 14.6 Å². The van der Waals surface area contributed by atoms with Crippen molar-refractivity contribution in [2.45, 2.75) is 38.8 Å². The molecule has 2 rings (SSSR count). The van der Waals surface area contributed by atoms with Gasteiger partial charge >= 0.3 is 6.09 Å². The fourth-order valence-corrected chi connectivity index (χ4v) is 2.79. The van der Waals surface area contributed by atoms with E-state index in [0.29, 0.717) is 12.5 Å². The SMILES string of the molecule is CC1CCC(N(CCO)C(=O)OCc2ccccc2)C1. The van der Waals surface area contributed by atoms with Crippen LogP contribution < -0.4 is 0 Å². The molecular formula is C16H23NO3. The second-order valence-corrected chi connectivity index (χ2v) is 5.53. The number of aliphatic hydroxyl groups is 1. The topological polar surface area (TPSA) is 49.8 Å². The Kier molecular flexibility index (Phi) is 5.41. The molecule has 1 aromatic rings. The number of ether oxygens (including phenoxy) is 1. The van der Waals surface area contributed by atoms with Crippen LogP contribution in [0.1, 0.15) is 31.7 Å². The molecule has 1 aromatic carbocycles. The van der Waals surface area contributed by atoms with Crippen molar-refractivity contribution in [3.05, 3.63) is 35.9 Å². The summed E-state index contributed by atoms with van der Waals surface area (Å²) in [6, 6.07) is 9.85. The van der Waals surface area contributed by atoms with Gasteiger partial charge in [-0.25, -0.2) is 4.79 Å². The first-order valence-electron chi connectivity index (χ1n) is 7.29. The predicted octanol–water partition coefficient (Wildman–Crippen LogP) is 2.81. The van der Waals surface area contributed by atoms with Crippen molar-refractivity contribution >= 4 is 6.09 Å². The molecule has 0 aromatic heterocycles. The summed E-state index contributed by atoms with van der Waals surface area (Å²) in [6.45, 7) is 2.81. The molecule has 0 heterocycles. The summed E-state index contributed by atoms with van der Waals surface area (Å²) in [5.41, 5.74) is 0.976. The standard InChI is InChI=1S/C16H23NO3/c1-13-7-8-15(11-13)17(9-10-18)16(19)20-12-14-5-3-2-4-6-14/h2-6,13,15,18H,7-12H2,1H3. The minimum absolute atomic E-state index is 0.0225. The monoisotopic (exact) mass is 277 g/mol. The van der Waals surface area contributed by atoms with Gasteiger partial charge in [-0.15, -0.1) is 0 Å². The number of hydrogen-bond acceptors (Lipinski definition) is 3. The number of aliphatic hydroxyl groups excluding tert-OH is 1. The highest BCUT2D eigenvalue weighted by Crippen LogP contribution is 2.29. The molecule has 0 radical (unpaired) electrons. The van der Waals surface area contributed by atoms with Crippen LogP contribution in [0.25, 0.3) is 0 Å². The van der Waals surface area contributed by atoms with Gasteiger partial charge in [0.15, 0.2) is 0 Å². The third kappa shape index (κ3) is 3.97. The van der Waals surface area contributed by atoms with Crippen LogP contribution >= 0.6 is 0 Å². The molecule has 2 unspecified atom stereocenters. The van der Waals surface area contributed by atoms with E-state index in [1.807, 2.05) is 30.3 Å². The average molecular weight is 277 g/mol. The minimum Gasteiger partial charge on any atom is -0.445 e. The molecule has 1 amide bonds. The lowest BCUT2D eigenvalue weighted by Crippen LogP contribution is -2.41. The normalized spacial score (nSPS) is 21.7. The molecule has 4 heteroatoms. The molecule has 1 N–H and O–H groups in total. The van der Waals surface area contributed by atoms with Gasteiger partial charge in [-0.05, 0) is 30.7 Å². The summed E-state index contributed by atoms with van der Waals surface area (Å²) in [6.07, 6.45) is 2.82. The summed E-state index contributed by atoms with van der Waals surface area (Å²) in [5.74, 6) is 0.642. The molecule has 1 aliphatic carbocycles. The van der Waals surface area contributed by atoms with Gasteiger partial charge in [0.2, 0.25) is 0 Å². The van der Waals surface area contributed by atoms with Gasteiger partial charge in [0, 0.05) is 12.6 Å². The third-order valence-electron chi connectivity index (χ3n) is 3.89. The molecule has 1 fully saturated rings. The maximum absolute atomic E-state index is 12.2. The van der Waals surface area contributed by atoms with Crippen molar-refractivity contribution in [1.82, 2.24) is 4.90 Å². The minimum atomic E-state index is -0.318. The predicted molar refractivity (Wildman–Crippen MR) is 77.2 cm³/mol. The first kappa shape index (κ1) is 14.9. The third-order valence-corrected chi connectivity index (χ3v) is 3.89. The van der Waals surface area contributed by atoms with Gasteiger partial charge in [0.25, 0.3) is 0 Å². The second kappa shape index (κ2) is 7.29. The Morgan fingerprint density at radius 2 is 2.10 bits per heavy atom. The molecule has 110 valence electrons. The Balaban J connectivity index is 1.90. The summed E-state index contributed by atoms with van der Waals surface area (Å²) in [7, 11) is 0. The quantitative estimate of drug-likeness (QED) is 0.900. The average Bonchev–Trinajstić information content (AvgIpc) is 2.89. The number of nitrogens with zero attached hydrogens (tertiary/aromatic N) is 1. The van der Waals surface area contributed by atoms with E-state index in [0.717, 1.165) is 24.8 Å². The highest BCUT2D eigenvalue weighted by molar-refractivity contribution is 5.68. The van der Waals surface area contributed by atoms with Crippen LogP contribution in [0.15, 0.2) is 30.3 Å². The van der Waals surface area contributed by atoms with Crippen LogP contribution in [0.3, 0.4) is 0 Å². The number of carbonyl (C=O) groups excluding carboxylic acids is 1. The Hall–Kier alpha value is -1.55. The maximum Gasteiger partial charge on any atom is 0.410 e. The highest BCUT2D eigenvalue weighted by Gasteiger charge is 2.30. The molecule has 0 aliphatic heterocycles. The Morgan fingerprint density at radius 1 is 1.35 bits per heavy atom. The molecule has 0 spiro atoms. The fourth-order valence-electron chi connectivity index (χ4n) is 2.79. The molecule has 2 atom stereocenters. The summed E-state index contributed by atoms with van der Waals surface area (Å²) in [4.78, 5) is 13.9. The van der Waals surface area contributed by atoms with Gasteiger partial charge in [0.05, 0.1) is 6.61 Å². The molecule has 0 saturated heterocycles. The number of benzene rings is 1. The van der Waals surface area contributed by atoms with Crippen LogP contribution in [0.2, 0.25) is 0 Å². The first-order chi connectivity index (χ1) is 9.70. The van der Waals surface area contributed by atoms with E-state index in [1.165, 1.54) is 0 Å². The van der Waals surface area contributed by atoms with Gasteiger partial charge in [-0.3, -0.25) is 0 Å². The smallest absolute Gasteiger partial charge is 0.410 e. The number of hydrogen-bond donors (Lipinski definition) is 1. The van der Waals surface area contributed by atoms with Crippen LogP contribution in [0.4, 0.5) is 4.79 Å². The number of carbonyl (C=O) groups is 1. The van der Waals surface area contributed by atoms with Crippen LogP contribution in [-0.4, -0.2) is 35.3 Å². The van der Waals surface area contributed by atoms with E-state index >= 15 is 0 Å². The van der Waals surface area contributed by atoms with Gasteiger partial charge in [-0.1, -0.05) is 37.3 Å². The van der Waals surface area contributed by atoms with Crippen LogP contribution in [-0.2, 0) is 11.3 Å². The summed E-state index contributed by atoms with van der Waals surface area (Å²) >= 11 is 0. The summed E-state index contributed by atoms with van der Waals surface area (Å²) in [5, 5.41) is 9.15. The van der Waals surface area contributed by atoms with Gasteiger partial charge in [-0.2, -0.15) is 0 Å². The zero-order valence-electron chi connectivity index (χ0n) is 12.0. The van der Waals surface area contributed by atoms with Crippen LogP contribution in [0, 0.1) is 5.92 Å². The van der Waals surface area contributed by atoms with Crippen molar-refractivity contribution in [3.63, 3.8) is 0 Å². The van der Waals surface area contributed by atoms with Crippen LogP contribution in [0.5, 0.6) is 0 Å². The molecule has 1 aliphatic rings. The van der Waals surface area contributed by atoms with Crippen molar-refractivity contribution in [2.75, 3.05) is 13.2 Å². The zero-order valence-corrected chi connectivity index (χ0v) is 12.0. The maximum atomic E-state index is 12.2. The van der Waals surface area contributed by atoms with E-state index in [2.05, 4.69) is 6.92 Å². The lowest BCUT2D eigenvalue weighted by atomic mass is 10.1. The van der Waals surface area contributed by atoms with E-state index in [1.54, 1.807) is 4.90 Å². The second-order valence-electron chi connectivity index (χ2n) is 5.53. The van der Waals surface area contributed by atoms with E-state index in [-0.39, 0.29) is 25.3 Å². The Bertz CT molecular complexity index is 421. The Morgan fingerprint density at radius 3 is 2.70 bits per heavy atom. The molecule has 0 bridgehead atoms. The van der Waals surface area contributed by atoms with Crippen molar-refractivity contribution in [3.8, 4) is 0 Å². The molecule has 1 saturated carbocycles. The van der Waals surface area contributed by atoms with E-state index in [4.69, 9.17) is 9.84 Å². The number of amides is 1. The zero-order chi connectivity index (χ0) is 14.4. The first-order valence-corrected chi connectivity index (χ1v) is 7.29. The Labute approximate surface area is 120 Å². The van der Waals surface area contributed by atoms with Gasteiger partial charge in [0.1, 0.15) is 6.61 Å². The molecule has 4 nitrogen and oxygen atoms in total. The van der Waals surface area contributed by atoms with Gasteiger partial charge < -0.3 is 14.7 Å². The van der Waals surface area contributed by atoms with E-state index in [9.17, 15) is 4.79 Å². The number of rotatable bonds is 5. The molecule has 20 heavy (non-hydrogen) atoms. The van der Waals surface area contributed by atoms with Crippen molar-refractivity contribution in [1.29, 1.82) is 0 Å². The largest absolute Gasteiger partial charge is 0.445 e. The lowest BCUT2D eigenvalue weighted by molar-refractivity contribution is 0.0719. The van der Waals surface area contributed by atoms with Crippen molar-refractivity contribution in [2.24, 2.45) is 5.92 Å². The highest BCUT2D eigenvalue weighted by atomic mass is 16.6. The van der Waals surface area contributed by atoms with E-state index < -0.39 is 0 Å². The molecular weight excluding hydrogens is 254 g/mol. The lowest BCUT2D eigenvalue weighted by Gasteiger charge is -2.27.